The Kier molecular flexibility index (Phi) is 5.48. The fourth-order valence-electron chi connectivity index (χ4n) is 2.78. The molecular weight excluding hydrogens is 366 g/mol. The minimum absolute atomic E-state index is 0.0845. The van der Waals surface area contributed by atoms with Crippen molar-refractivity contribution in [3.8, 4) is 0 Å². The van der Waals surface area contributed by atoms with Crippen molar-refractivity contribution in [1.29, 1.82) is 0 Å². The molecular formula is C20H23NO3S2. The molecule has 3 aromatic rings. The van der Waals surface area contributed by atoms with Gasteiger partial charge in [-0.2, -0.15) is 0 Å². The molecule has 1 atom stereocenters. The first kappa shape index (κ1) is 19.0. The third-order valence-corrected chi connectivity index (χ3v) is 7.12. The molecule has 0 saturated heterocycles. The predicted molar refractivity (Wildman–Crippen MR) is 107 cm³/mol. The van der Waals surface area contributed by atoms with Crippen LogP contribution in [0.5, 0.6) is 0 Å². The van der Waals surface area contributed by atoms with Crippen molar-refractivity contribution in [2.75, 3.05) is 6.54 Å². The summed E-state index contributed by atoms with van der Waals surface area (Å²) in [6, 6.07) is 16.7. The van der Waals surface area contributed by atoms with E-state index in [1.807, 2.05) is 42.5 Å². The van der Waals surface area contributed by atoms with Gasteiger partial charge in [-0.25, -0.2) is 13.1 Å². The number of fused-ring (bicyclic) bond motifs is 1. The van der Waals surface area contributed by atoms with Crippen LogP contribution in [0.3, 0.4) is 0 Å². The van der Waals surface area contributed by atoms with Gasteiger partial charge in [0.15, 0.2) is 0 Å². The molecule has 2 N–H and O–H groups in total. The molecule has 4 nitrogen and oxygen atoms in total. The third kappa shape index (κ3) is 4.15. The summed E-state index contributed by atoms with van der Waals surface area (Å²) in [6.45, 7) is 3.63. The highest BCUT2D eigenvalue weighted by molar-refractivity contribution is 7.89. The number of rotatable bonds is 7. The number of aliphatic hydroxyl groups is 1. The van der Waals surface area contributed by atoms with Gasteiger partial charge in [0.1, 0.15) is 5.60 Å². The zero-order chi connectivity index (χ0) is 18.8. The number of nitrogens with one attached hydrogen (secondary N) is 1. The quantitative estimate of drug-likeness (QED) is 0.641. The minimum Gasteiger partial charge on any atom is -0.383 e. The molecule has 0 saturated carbocycles. The summed E-state index contributed by atoms with van der Waals surface area (Å²) in [5, 5.41) is 11.8. The molecule has 0 fully saturated rings. The Bertz CT molecular complexity index is 956. The standard InChI is InChI=1S/C20H23NO3S2/c1-3-6-15-9-11-17(12-10-15)26(23,24)21-14-20(2,22)19-13-16-7-4-5-8-18(16)25-19/h4-5,7-13,21-22H,3,6,14H2,1-2H3. The van der Waals surface area contributed by atoms with E-state index in [1.54, 1.807) is 19.1 Å². The Morgan fingerprint density at radius 1 is 1.12 bits per heavy atom. The Morgan fingerprint density at radius 2 is 1.81 bits per heavy atom. The van der Waals surface area contributed by atoms with Gasteiger partial charge in [-0.1, -0.05) is 43.7 Å². The molecule has 0 aliphatic heterocycles. The smallest absolute Gasteiger partial charge is 0.240 e. The predicted octanol–water partition coefficient (Wildman–Crippen LogP) is 4.04. The first-order valence-corrected chi connectivity index (χ1v) is 10.9. The van der Waals surface area contributed by atoms with E-state index < -0.39 is 15.6 Å². The maximum Gasteiger partial charge on any atom is 0.240 e. The highest BCUT2D eigenvalue weighted by Crippen LogP contribution is 2.33. The van der Waals surface area contributed by atoms with Crippen molar-refractivity contribution in [3.05, 3.63) is 65.0 Å². The summed E-state index contributed by atoms with van der Waals surface area (Å²) in [7, 11) is -3.67. The molecule has 138 valence electrons. The lowest BCUT2D eigenvalue weighted by Gasteiger charge is -2.22. The van der Waals surface area contributed by atoms with Crippen LogP contribution < -0.4 is 4.72 Å². The van der Waals surface area contributed by atoms with E-state index in [0.717, 1.165) is 33.4 Å². The molecule has 0 amide bonds. The second-order valence-electron chi connectivity index (χ2n) is 6.64. The zero-order valence-electron chi connectivity index (χ0n) is 14.9. The average Bonchev–Trinajstić information content (AvgIpc) is 3.06. The van der Waals surface area contributed by atoms with E-state index in [0.29, 0.717) is 0 Å². The normalized spacial score (nSPS) is 14.4. The molecule has 0 bridgehead atoms. The maximum absolute atomic E-state index is 12.5. The first-order valence-electron chi connectivity index (χ1n) is 8.62. The van der Waals surface area contributed by atoms with Crippen LogP contribution in [0.25, 0.3) is 10.1 Å². The van der Waals surface area contributed by atoms with Gasteiger partial charge in [0, 0.05) is 16.1 Å². The number of sulfonamides is 1. The Labute approximate surface area is 158 Å². The fraction of sp³-hybridized carbons (Fsp3) is 0.300. The summed E-state index contributed by atoms with van der Waals surface area (Å²) < 4.78 is 28.7. The van der Waals surface area contributed by atoms with Crippen LogP contribution in [-0.2, 0) is 22.0 Å². The molecule has 0 spiro atoms. The average molecular weight is 390 g/mol. The van der Waals surface area contributed by atoms with E-state index in [-0.39, 0.29) is 11.4 Å². The van der Waals surface area contributed by atoms with Gasteiger partial charge in [0.2, 0.25) is 10.0 Å². The Hall–Kier alpha value is -1.73. The van der Waals surface area contributed by atoms with Crippen LogP contribution in [0.4, 0.5) is 0 Å². The van der Waals surface area contributed by atoms with Crippen molar-refractivity contribution in [1.82, 2.24) is 4.72 Å². The lowest BCUT2D eigenvalue weighted by molar-refractivity contribution is 0.0666. The number of benzene rings is 2. The zero-order valence-corrected chi connectivity index (χ0v) is 16.5. The minimum atomic E-state index is -3.67. The summed E-state index contributed by atoms with van der Waals surface area (Å²) in [6.07, 6.45) is 1.94. The summed E-state index contributed by atoms with van der Waals surface area (Å²) >= 11 is 1.47. The molecule has 0 aliphatic carbocycles. The van der Waals surface area contributed by atoms with Gasteiger partial charge in [-0.05, 0) is 48.6 Å². The van der Waals surface area contributed by atoms with Crippen molar-refractivity contribution < 1.29 is 13.5 Å². The van der Waals surface area contributed by atoms with Gasteiger partial charge in [0.05, 0.1) is 4.90 Å². The number of hydrogen-bond donors (Lipinski definition) is 2. The van der Waals surface area contributed by atoms with Crippen LogP contribution >= 0.6 is 11.3 Å². The highest BCUT2D eigenvalue weighted by Gasteiger charge is 2.28. The van der Waals surface area contributed by atoms with Gasteiger partial charge >= 0.3 is 0 Å². The highest BCUT2D eigenvalue weighted by atomic mass is 32.2. The van der Waals surface area contributed by atoms with Crippen LogP contribution in [0.2, 0.25) is 0 Å². The Balaban J connectivity index is 1.75. The van der Waals surface area contributed by atoms with E-state index in [2.05, 4.69) is 11.6 Å². The number of aryl methyl sites for hydroxylation is 1. The van der Waals surface area contributed by atoms with Crippen molar-refractivity contribution in [2.24, 2.45) is 0 Å². The summed E-state index contributed by atoms with van der Waals surface area (Å²) in [5.41, 5.74) is -0.164. The third-order valence-electron chi connectivity index (χ3n) is 4.34. The molecule has 2 aromatic carbocycles. The lowest BCUT2D eigenvalue weighted by Crippen LogP contribution is -2.38. The molecule has 0 radical (unpaired) electrons. The molecule has 26 heavy (non-hydrogen) atoms. The second-order valence-corrected chi connectivity index (χ2v) is 9.49. The topological polar surface area (TPSA) is 66.4 Å². The van der Waals surface area contributed by atoms with Crippen molar-refractivity contribution in [2.45, 2.75) is 37.2 Å². The second kappa shape index (κ2) is 7.48. The van der Waals surface area contributed by atoms with Gasteiger partial charge in [-0.3, -0.25) is 0 Å². The van der Waals surface area contributed by atoms with Crippen LogP contribution in [-0.4, -0.2) is 20.1 Å². The van der Waals surface area contributed by atoms with Crippen molar-refractivity contribution in [3.63, 3.8) is 0 Å². The van der Waals surface area contributed by atoms with Crippen LogP contribution in [0.1, 0.15) is 30.7 Å². The molecule has 6 heteroatoms. The molecule has 3 rings (SSSR count). The largest absolute Gasteiger partial charge is 0.383 e. The monoisotopic (exact) mass is 389 g/mol. The molecule has 1 heterocycles. The van der Waals surface area contributed by atoms with Gasteiger partial charge in [0.25, 0.3) is 0 Å². The van der Waals surface area contributed by atoms with E-state index in [1.165, 1.54) is 11.3 Å². The van der Waals surface area contributed by atoms with E-state index >= 15 is 0 Å². The number of thiophene rings is 1. The van der Waals surface area contributed by atoms with Gasteiger partial charge in [-0.15, -0.1) is 11.3 Å². The van der Waals surface area contributed by atoms with E-state index in [9.17, 15) is 13.5 Å². The van der Waals surface area contributed by atoms with Crippen LogP contribution in [0, 0.1) is 0 Å². The molecule has 1 aromatic heterocycles. The maximum atomic E-state index is 12.5. The lowest BCUT2D eigenvalue weighted by atomic mass is 10.1. The molecule has 0 aliphatic rings. The first-order chi connectivity index (χ1) is 12.3. The van der Waals surface area contributed by atoms with Gasteiger partial charge < -0.3 is 5.11 Å². The van der Waals surface area contributed by atoms with Crippen LogP contribution in [0.15, 0.2) is 59.5 Å². The Morgan fingerprint density at radius 3 is 2.46 bits per heavy atom. The number of hydrogen-bond acceptors (Lipinski definition) is 4. The van der Waals surface area contributed by atoms with Crippen molar-refractivity contribution >= 4 is 31.4 Å². The SMILES string of the molecule is CCCc1ccc(S(=O)(=O)NCC(C)(O)c2cc3ccccc3s2)cc1. The fourth-order valence-corrected chi connectivity index (χ4v) is 5.02. The summed E-state index contributed by atoms with van der Waals surface area (Å²) in [5.74, 6) is 0. The molecule has 1 unspecified atom stereocenters. The van der Waals surface area contributed by atoms with E-state index in [4.69, 9.17) is 0 Å². The summed E-state index contributed by atoms with van der Waals surface area (Å²) in [4.78, 5) is 0.948.